The molecule has 5 nitrogen and oxygen atoms in total. The number of aromatic nitrogens is 2. The number of alkyl halides is 3. The van der Waals surface area contributed by atoms with Crippen molar-refractivity contribution < 1.29 is 22.4 Å². The molecular weight excluding hydrogens is 343 g/mol. The van der Waals surface area contributed by atoms with E-state index in [2.05, 4.69) is 26.1 Å². The number of ether oxygens (including phenoxy) is 1. The monoisotopic (exact) mass is 351 g/mol. The van der Waals surface area contributed by atoms with Crippen molar-refractivity contribution in [3.63, 3.8) is 0 Å². The van der Waals surface area contributed by atoms with Crippen LogP contribution in [0.2, 0.25) is 0 Å². The van der Waals surface area contributed by atoms with E-state index in [0.717, 1.165) is 12.1 Å². The predicted molar refractivity (Wildman–Crippen MR) is 66.9 cm³/mol. The van der Waals surface area contributed by atoms with Gasteiger partial charge in [0.1, 0.15) is 5.75 Å². The van der Waals surface area contributed by atoms with Crippen molar-refractivity contribution in [1.29, 1.82) is 0 Å². The fourth-order valence-electron chi connectivity index (χ4n) is 1.56. The van der Waals surface area contributed by atoms with Gasteiger partial charge in [-0.25, -0.2) is 0 Å². The van der Waals surface area contributed by atoms with Crippen LogP contribution in [0.25, 0.3) is 11.4 Å². The van der Waals surface area contributed by atoms with Gasteiger partial charge in [-0.1, -0.05) is 5.16 Å². The van der Waals surface area contributed by atoms with Gasteiger partial charge in [0, 0.05) is 4.47 Å². The van der Waals surface area contributed by atoms with Crippen LogP contribution in [0, 0.1) is 0 Å². The highest BCUT2D eigenvalue weighted by atomic mass is 79.9. The number of methoxy groups -OCH3 is 1. The molecule has 0 saturated carbocycles. The number of rotatable bonds is 3. The van der Waals surface area contributed by atoms with E-state index in [1.807, 2.05) is 0 Å². The molecular formula is C11H9BrF3N3O2. The van der Waals surface area contributed by atoms with Gasteiger partial charge in [0.2, 0.25) is 11.7 Å². The molecule has 0 amide bonds. The SMILES string of the molecule is COc1cc(C(F)(F)F)cc(Br)c1-c1noc(CN)n1. The molecule has 0 bridgehead atoms. The molecule has 2 N–H and O–H groups in total. The summed E-state index contributed by atoms with van der Waals surface area (Å²) in [5, 5.41) is 3.66. The largest absolute Gasteiger partial charge is 0.496 e. The van der Waals surface area contributed by atoms with E-state index in [0.29, 0.717) is 0 Å². The van der Waals surface area contributed by atoms with Gasteiger partial charge in [-0.2, -0.15) is 18.2 Å². The van der Waals surface area contributed by atoms with Crippen molar-refractivity contribution in [1.82, 2.24) is 10.1 Å². The molecule has 0 atom stereocenters. The second-order valence-corrected chi connectivity index (χ2v) is 4.60. The molecule has 0 aliphatic heterocycles. The Kier molecular flexibility index (Phi) is 4.00. The lowest BCUT2D eigenvalue weighted by Gasteiger charge is -2.12. The molecule has 0 aliphatic carbocycles. The first kappa shape index (κ1) is 14.8. The summed E-state index contributed by atoms with van der Waals surface area (Å²) in [5.74, 6) is 0.257. The number of halogens is 4. The van der Waals surface area contributed by atoms with E-state index in [1.165, 1.54) is 7.11 Å². The third-order valence-electron chi connectivity index (χ3n) is 2.47. The summed E-state index contributed by atoms with van der Waals surface area (Å²) in [4.78, 5) is 3.97. The Morgan fingerprint density at radius 3 is 2.60 bits per heavy atom. The van der Waals surface area contributed by atoms with E-state index < -0.39 is 11.7 Å². The van der Waals surface area contributed by atoms with Gasteiger partial charge in [-0.15, -0.1) is 0 Å². The van der Waals surface area contributed by atoms with Crippen LogP contribution in [0.4, 0.5) is 13.2 Å². The van der Waals surface area contributed by atoms with Crippen LogP contribution in [-0.4, -0.2) is 17.3 Å². The molecule has 0 saturated heterocycles. The van der Waals surface area contributed by atoms with Crippen LogP contribution in [0.15, 0.2) is 21.1 Å². The first-order valence-corrected chi connectivity index (χ1v) is 6.14. The van der Waals surface area contributed by atoms with Gasteiger partial charge in [-0.05, 0) is 28.1 Å². The highest BCUT2D eigenvalue weighted by Crippen LogP contribution is 2.41. The van der Waals surface area contributed by atoms with E-state index >= 15 is 0 Å². The Morgan fingerprint density at radius 2 is 2.10 bits per heavy atom. The van der Waals surface area contributed by atoms with Crippen LogP contribution in [0.1, 0.15) is 11.5 Å². The molecule has 1 aromatic heterocycles. The minimum absolute atomic E-state index is 0.0175. The van der Waals surface area contributed by atoms with Crippen molar-refractivity contribution in [3.8, 4) is 17.1 Å². The van der Waals surface area contributed by atoms with Crippen LogP contribution < -0.4 is 10.5 Å². The molecule has 0 fully saturated rings. The van der Waals surface area contributed by atoms with Crippen molar-refractivity contribution >= 4 is 15.9 Å². The lowest BCUT2D eigenvalue weighted by atomic mass is 10.1. The molecule has 0 unspecified atom stereocenters. The summed E-state index contributed by atoms with van der Waals surface area (Å²) in [7, 11) is 1.26. The minimum atomic E-state index is -4.48. The molecule has 2 rings (SSSR count). The van der Waals surface area contributed by atoms with Crippen molar-refractivity contribution in [2.45, 2.75) is 12.7 Å². The van der Waals surface area contributed by atoms with Gasteiger partial charge < -0.3 is 15.0 Å². The van der Waals surface area contributed by atoms with Crippen LogP contribution >= 0.6 is 15.9 Å². The molecule has 1 aromatic carbocycles. The maximum Gasteiger partial charge on any atom is 0.416 e. The number of nitrogens with zero attached hydrogens (tertiary/aromatic N) is 2. The van der Waals surface area contributed by atoms with E-state index in [4.69, 9.17) is 15.0 Å². The van der Waals surface area contributed by atoms with Crippen molar-refractivity contribution in [2.75, 3.05) is 7.11 Å². The average molecular weight is 352 g/mol. The zero-order valence-electron chi connectivity index (χ0n) is 10.2. The molecule has 20 heavy (non-hydrogen) atoms. The maximum absolute atomic E-state index is 12.7. The number of benzene rings is 1. The predicted octanol–water partition coefficient (Wildman–Crippen LogP) is 2.99. The second kappa shape index (κ2) is 5.41. The lowest BCUT2D eigenvalue weighted by molar-refractivity contribution is -0.137. The Balaban J connectivity index is 2.58. The first-order valence-electron chi connectivity index (χ1n) is 5.34. The van der Waals surface area contributed by atoms with Crippen LogP contribution in [0.3, 0.4) is 0 Å². The summed E-state index contributed by atoms with van der Waals surface area (Å²) in [6.07, 6.45) is -4.48. The quantitative estimate of drug-likeness (QED) is 0.919. The molecule has 0 aliphatic rings. The topological polar surface area (TPSA) is 74.2 Å². The summed E-state index contributed by atoms with van der Waals surface area (Å²) in [5.41, 5.74) is 4.77. The minimum Gasteiger partial charge on any atom is -0.496 e. The summed E-state index contributed by atoms with van der Waals surface area (Å²) in [6, 6.07) is 1.80. The Labute approximate surface area is 120 Å². The van der Waals surface area contributed by atoms with Gasteiger partial charge in [0.25, 0.3) is 0 Å². The molecule has 1 heterocycles. The summed E-state index contributed by atoms with van der Waals surface area (Å²) < 4.78 is 48.2. The highest BCUT2D eigenvalue weighted by Gasteiger charge is 2.33. The number of hydrogen-bond donors (Lipinski definition) is 1. The molecule has 108 valence electrons. The molecule has 0 radical (unpaired) electrons. The zero-order valence-corrected chi connectivity index (χ0v) is 11.7. The maximum atomic E-state index is 12.7. The average Bonchev–Trinajstić information content (AvgIpc) is 2.84. The third-order valence-corrected chi connectivity index (χ3v) is 3.09. The van der Waals surface area contributed by atoms with Gasteiger partial charge in [0.05, 0.1) is 24.8 Å². The van der Waals surface area contributed by atoms with Crippen LogP contribution in [-0.2, 0) is 12.7 Å². The molecule has 0 spiro atoms. The third kappa shape index (κ3) is 2.78. The normalized spacial score (nSPS) is 11.7. The first-order chi connectivity index (χ1) is 9.36. The van der Waals surface area contributed by atoms with Crippen LogP contribution in [0.5, 0.6) is 5.75 Å². The Bertz CT molecular complexity index is 628. The standard InChI is InChI=1S/C11H9BrF3N3O2/c1-19-7-3-5(11(13,14)15)2-6(12)9(7)10-17-8(4-16)20-18-10/h2-3H,4,16H2,1H3. The number of hydrogen-bond acceptors (Lipinski definition) is 5. The van der Waals surface area contributed by atoms with Gasteiger partial charge >= 0.3 is 6.18 Å². The van der Waals surface area contributed by atoms with E-state index in [-0.39, 0.29) is 34.0 Å². The second-order valence-electron chi connectivity index (χ2n) is 3.75. The zero-order chi connectivity index (χ0) is 14.9. The van der Waals surface area contributed by atoms with Gasteiger partial charge in [-0.3, -0.25) is 0 Å². The van der Waals surface area contributed by atoms with Crippen molar-refractivity contribution in [3.05, 3.63) is 28.1 Å². The smallest absolute Gasteiger partial charge is 0.416 e. The fourth-order valence-corrected chi connectivity index (χ4v) is 2.18. The fraction of sp³-hybridized carbons (Fsp3) is 0.273. The van der Waals surface area contributed by atoms with E-state index in [9.17, 15) is 13.2 Å². The summed E-state index contributed by atoms with van der Waals surface area (Å²) in [6.45, 7) is 0.0353. The number of nitrogens with two attached hydrogens (primary N) is 1. The molecule has 9 heteroatoms. The van der Waals surface area contributed by atoms with E-state index in [1.54, 1.807) is 0 Å². The Morgan fingerprint density at radius 1 is 1.40 bits per heavy atom. The molecule has 2 aromatic rings. The lowest BCUT2D eigenvalue weighted by Crippen LogP contribution is -2.06. The Hall–Kier alpha value is -1.61. The summed E-state index contributed by atoms with van der Waals surface area (Å²) >= 11 is 3.07. The van der Waals surface area contributed by atoms with Crippen molar-refractivity contribution in [2.24, 2.45) is 5.73 Å². The van der Waals surface area contributed by atoms with Gasteiger partial charge in [0.15, 0.2) is 0 Å². The highest BCUT2D eigenvalue weighted by molar-refractivity contribution is 9.10.